The second-order valence-corrected chi connectivity index (χ2v) is 8.41. The first-order chi connectivity index (χ1) is 15.6. The Hall–Kier alpha value is -3.20. The van der Waals surface area contributed by atoms with Gasteiger partial charge in [0.1, 0.15) is 6.10 Å². The molecule has 0 fully saturated rings. The lowest BCUT2D eigenvalue weighted by atomic mass is 9.79. The minimum absolute atomic E-state index is 0.0302. The second kappa shape index (κ2) is 11.6. The van der Waals surface area contributed by atoms with Crippen LogP contribution < -0.4 is 10.1 Å². The molecule has 33 heavy (non-hydrogen) atoms. The Balaban J connectivity index is 2.23. The van der Waals surface area contributed by atoms with E-state index in [-0.39, 0.29) is 29.6 Å². The van der Waals surface area contributed by atoms with Crippen LogP contribution in [0.4, 0.5) is 10.5 Å². The van der Waals surface area contributed by atoms with E-state index in [0.29, 0.717) is 23.2 Å². The zero-order valence-electron chi connectivity index (χ0n) is 19.1. The SMILES string of the molecule is COc1ccc([C@H](OC(=O)Nc2ccc(C(C)=O)cc2)C(C)(C)CCOC(=O)CS)cc1O. The monoisotopic (exact) mass is 475 g/mol. The minimum atomic E-state index is -0.791. The number of aromatic hydroxyl groups is 1. The van der Waals surface area contributed by atoms with Gasteiger partial charge in [0, 0.05) is 16.7 Å². The number of thiol groups is 1. The molecule has 0 saturated carbocycles. The van der Waals surface area contributed by atoms with Gasteiger partial charge in [0.25, 0.3) is 0 Å². The fraction of sp³-hybridized carbons (Fsp3) is 0.375. The van der Waals surface area contributed by atoms with E-state index in [9.17, 15) is 19.5 Å². The summed E-state index contributed by atoms with van der Waals surface area (Å²) in [6.07, 6.45) is -1.13. The predicted molar refractivity (Wildman–Crippen MR) is 127 cm³/mol. The topological polar surface area (TPSA) is 111 Å². The maximum absolute atomic E-state index is 12.7. The van der Waals surface area contributed by atoms with Crippen LogP contribution in [0.1, 0.15) is 49.2 Å². The minimum Gasteiger partial charge on any atom is -0.504 e. The third-order valence-electron chi connectivity index (χ3n) is 5.12. The molecule has 9 heteroatoms. The molecule has 2 N–H and O–H groups in total. The molecule has 0 aliphatic carbocycles. The van der Waals surface area contributed by atoms with Crippen molar-refractivity contribution in [2.75, 3.05) is 24.8 Å². The van der Waals surface area contributed by atoms with Crippen molar-refractivity contribution in [2.45, 2.75) is 33.3 Å². The van der Waals surface area contributed by atoms with Gasteiger partial charge in [0.2, 0.25) is 0 Å². The van der Waals surface area contributed by atoms with Gasteiger partial charge < -0.3 is 19.3 Å². The zero-order chi connectivity index (χ0) is 24.6. The van der Waals surface area contributed by atoms with Crippen LogP contribution in [0.3, 0.4) is 0 Å². The van der Waals surface area contributed by atoms with Gasteiger partial charge in [-0.1, -0.05) is 19.9 Å². The van der Waals surface area contributed by atoms with Gasteiger partial charge in [-0.2, -0.15) is 12.6 Å². The summed E-state index contributed by atoms with van der Waals surface area (Å²) < 4.78 is 16.0. The summed E-state index contributed by atoms with van der Waals surface area (Å²) in [6.45, 7) is 5.30. The van der Waals surface area contributed by atoms with Crippen LogP contribution in [0.15, 0.2) is 42.5 Å². The van der Waals surface area contributed by atoms with Crippen LogP contribution in [0.25, 0.3) is 0 Å². The van der Waals surface area contributed by atoms with Crippen LogP contribution in [-0.2, 0) is 14.3 Å². The molecule has 178 valence electrons. The van der Waals surface area contributed by atoms with Crippen molar-refractivity contribution in [3.63, 3.8) is 0 Å². The highest BCUT2D eigenvalue weighted by Crippen LogP contribution is 2.42. The number of esters is 1. The van der Waals surface area contributed by atoms with Crippen molar-refractivity contribution in [3.05, 3.63) is 53.6 Å². The number of rotatable bonds is 10. The van der Waals surface area contributed by atoms with Crippen molar-refractivity contribution >= 4 is 36.2 Å². The summed E-state index contributed by atoms with van der Waals surface area (Å²) >= 11 is 3.89. The summed E-state index contributed by atoms with van der Waals surface area (Å²) in [4.78, 5) is 35.6. The highest BCUT2D eigenvalue weighted by molar-refractivity contribution is 7.81. The number of amides is 1. The number of phenols is 1. The van der Waals surface area contributed by atoms with Crippen LogP contribution in [0.2, 0.25) is 0 Å². The summed E-state index contributed by atoms with van der Waals surface area (Å²) in [5, 5.41) is 12.9. The molecule has 0 bridgehead atoms. The van der Waals surface area contributed by atoms with E-state index in [1.807, 2.05) is 13.8 Å². The number of phenolic OH excluding ortho intramolecular Hbond substituents is 1. The molecule has 0 saturated heterocycles. The van der Waals surface area contributed by atoms with Gasteiger partial charge in [-0.15, -0.1) is 0 Å². The number of carbonyl (C=O) groups excluding carboxylic acids is 3. The molecule has 0 radical (unpaired) electrons. The van der Waals surface area contributed by atoms with Crippen LogP contribution >= 0.6 is 12.6 Å². The second-order valence-electron chi connectivity index (χ2n) is 8.09. The summed E-state index contributed by atoms with van der Waals surface area (Å²) in [6, 6.07) is 11.2. The van der Waals surface area contributed by atoms with Gasteiger partial charge in [-0.05, 0) is 55.3 Å². The van der Waals surface area contributed by atoms with E-state index in [1.54, 1.807) is 36.4 Å². The van der Waals surface area contributed by atoms with E-state index >= 15 is 0 Å². The van der Waals surface area contributed by atoms with Gasteiger partial charge in [0.15, 0.2) is 17.3 Å². The molecule has 0 aliphatic heterocycles. The Morgan fingerprint density at radius 2 is 1.79 bits per heavy atom. The molecule has 0 spiro atoms. The molecule has 1 atom stereocenters. The van der Waals surface area contributed by atoms with E-state index in [1.165, 1.54) is 20.1 Å². The molecule has 0 aliphatic rings. The molecule has 0 aromatic heterocycles. The normalized spacial score (nSPS) is 11.9. The van der Waals surface area contributed by atoms with E-state index in [4.69, 9.17) is 14.2 Å². The standard InChI is InChI=1S/C24H29NO7S/c1-15(26)16-5-8-18(9-6-16)25-23(29)32-22(17-7-10-20(30-4)19(27)13-17)24(2,3)11-12-31-21(28)14-33/h5-10,13,22,27,33H,11-12,14H2,1-4H3,(H,25,29)/t22-/m0/s1. The van der Waals surface area contributed by atoms with Gasteiger partial charge >= 0.3 is 12.1 Å². The van der Waals surface area contributed by atoms with E-state index in [2.05, 4.69) is 17.9 Å². The van der Waals surface area contributed by atoms with E-state index in [0.717, 1.165) is 0 Å². The Bertz CT molecular complexity index is 989. The third-order valence-corrected chi connectivity index (χ3v) is 5.37. The van der Waals surface area contributed by atoms with Crippen molar-refractivity contribution < 1.29 is 33.7 Å². The number of benzene rings is 2. The fourth-order valence-corrected chi connectivity index (χ4v) is 3.29. The van der Waals surface area contributed by atoms with Crippen molar-refractivity contribution in [1.29, 1.82) is 0 Å². The maximum atomic E-state index is 12.7. The highest BCUT2D eigenvalue weighted by Gasteiger charge is 2.35. The Morgan fingerprint density at radius 3 is 2.33 bits per heavy atom. The number of carbonyl (C=O) groups is 3. The first kappa shape index (κ1) is 26.1. The lowest BCUT2D eigenvalue weighted by Crippen LogP contribution is -2.30. The zero-order valence-corrected chi connectivity index (χ0v) is 20.0. The number of anilines is 1. The number of hydrogen-bond donors (Lipinski definition) is 3. The van der Waals surface area contributed by atoms with Crippen LogP contribution in [0, 0.1) is 5.41 Å². The lowest BCUT2D eigenvalue weighted by molar-refractivity contribution is -0.141. The Morgan fingerprint density at radius 1 is 1.12 bits per heavy atom. The number of Topliss-reactive ketones (excluding diaryl/α,β-unsaturated/α-hetero) is 1. The lowest BCUT2D eigenvalue weighted by Gasteiger charge is -2.34. The summed E-state index contributed by atoms with van der Waals surface area (Å²) in [7, 11) is 1.44. The molecular formula is C24H29NO7S. The predicted octanol–water partition coefficient (Wildman–Crippen LogP) is 4.78. The smallest absolute Gasteiger partial charge is 0.412 e. The first-order valence-electron chi connectivity index (χ1n) is 10.3. The molecule has 1 amide bonds. The molecule has 8 nitrogen and oxygen atoms in total. The molecular weight excluding hydrogens is 446 g/mol. The number of ether oxygens (including phenoxy) is 3. The average Bonchev–Trinajstić information content (AvgIpc) is 2.77. The summed E-state index contributed by atoms with van der Waals surface area (Å²) in [5.41, 5.74) is 0.855. The molecule has 0 unspecified atom stereocenters. The van der Waals surface area contributed by atoms with Crippen molar-refractivity contribution in [3.8, 4) is 11.5 Å². The van der Waals surface area contributed by atoms with Crippen LogP contribution in [-0.4, -0.2) is 42.4 Å². The molecule has 0 heterocycles. The number of ketones is 1. The number of nitrogens with one attached hydrogen (secondary N) is 1. The van der Waals surface area contributed by atoms with Gasteiger partial charge in [0.05, 0.1) is 19.5 Å². The highest BCUT2D eigenvalue weighted by atomic mass is 32.1. The quantitative estimate of drug-likeness (QED) is 0.258. The Kier molecular flexibility index (Phi) is 9.16. The number of hydrogen-bond acceptors (Lipinski definition) is 8. The van der Waals surface area contributed by atoms with Crippen molar-refractivity contribution in [2.24, 2.45) is 5.41 Å². The number of methoxy groups -OCH3 is 1. The third kappa shape index (κ3) is 7.42. The van der Waals surface area contributed by atoms with E-state index < -0.39 is 23.6 Å². The van der Waals surface area contributed by atoms with Gasteiger partial charge in [-0.25, -0.2) is 4.79 Å². The molecule has 2 aromatic rings. The molecule has 2 rings (SSSR count). The van der Waals surface area contributed by atoms with Gasteiger partial charge in [-0.3, -0.25) is 14.9 Å². The summed E-state index contributed by atoms with van der Waals surface area (Å²) in [5.74, 6) is -0.365. The molecule has 2 aromatic carbocycles. The van der Waals surface area contributed by atoms with Crippen LogP contribution in [0.5, 0.6) is 11.5 Å². The average molecular weight is 476 g/mol. The van der Waals surface area contributed by atoms with Crippen molar-refractivity contribution in [1.82, 2.24) is 0 Å². The maximum Gasteiger partial charge on any atom is 0.412 e. The Labute approximate surface area is 198 Å². The first-order valence-corrected chi connectivity index (χ1v) is 10.9. The largest absolute Gasteiger partial charge is 0.504 e. The fourth-order valence-electron chi connectivity index (χ4n) is 3.20.